The Labute approximate surface area is 117 Å². The minimum Gasteiger partial charge on any atom is -0.389 e. The molecule has 1 N–H and O–H groups in total. The Morgan fingerprint density at radius 3 is 2.56 bits per heavy atom. The van der Waals surface area contributed by atoms with Crippen LogP contribution in [0.15, 0.2) is 22.7 Å². The van der Waals surface area contributed by atoms with Crippen LogP contribution in [0.5, 0.6) is 0 Å². The van der Waals surface area contributed by atoms with Gasteiger partial charge >= 0.3 is 0 Å². The van der Waals surface area contributed by atoms with Crippen molar-refractivity contribution in [2.45, 2.75) is 51.6 Å². The van der Waals surface area contributed by atoms with E-state index < -0.39 is 5.60 Å². The van der Waals surface area contributed by atoms with Crippen LogP contribution >= 0.6 is 15.9 Å². The number of benzene rings is 1. The first-order chi connectivity index (χ1) is 8.34. The standard InChI is InChI=1S/C15H20BrFO/c1-14(2)7-3-4-8-15(14,18)10-11-5-6-12(16)9-13(11)17/h5-6,9,18H,3-4,7-8,10H2,1-2H3. The fourth-order valence-electron chi connectivity index (χ4n) is 2.86. The van der Waals surface area contributed by atoms with Crippen LogP contribution in [-0.4, -0.2) is 10.7 Å². The zero-order chi connectivity index (χ0) is 13.4. The first-order valence-corrected chi connectivity index (χ1v) is 7.30. The monoisotopic (exact) mass is 314 g/mol. The first kappa shape index (κ1) is 14.0. The minimum atomic E-state index is -0.792. The Bertz CT molecular complexity index is 444. The third kappa shape index (κ3) is 2.62. The molecule has 0 saturated heterocycles. The van der Waals surface area contributed by atoms with Gasteiger partial charge in [-0.15, -0.1) is 0 Å². The van der Waals surface area contributed by atoms with Crippen LogP contribution < -0.4 is 0 Å². The number of hydrogen-bond acceptors (Lipinski definition) is 1. The fourth-order valence-corrected chi connectivity index (χ4v) is 3.20. The van der Waals surface area contributed by atoms with Gasteiger partial charge in [-0.25, -0.2) is 4.39 Å². The van der Waals surface area contributed by atoms with Crippen LogP contribution in [0.2, 0.25) is 0 Å². The zero-order valence-corrected chi connectivity index (χ0v) is 12.6. The van der Waals surface area contributed by atoms with E-state index in [0.29, 0.717) is 12.0 Å². The summed E-state index contributed by atoms with van der Waals surface area (Å²) in [6, 6.07) is 5.06. The molecule has 1 unspecified atom stereocenters. The Kier molecular flexibility index (Phi) is 3.84. The highest BCUT2D eigenvalue weighted by atomic mass is 79.9. The maximum absolute atomic E-state index is 13.9. The molecule has 0 aromatic heterocycles. The van der Waals surface area contributed by atoms with Crippen LogP contribution in [0.3, 0.4) is 0 Å². The lowest BCUT2D eigenvalue weighted by Gasteiger charge is -2.46. The molecule has 3 heteroatoms. The largest absolute Gasteiger partial charge is 0.389 e. The average Bonchev–Trinajstić information content (AvgIpc) is 2.27. The van der Waals surface area contributed by atoms with Crippen LogP contribution in [0.4, 0.5) is 4.39 Å². The van der Waals surface area contributed by atoms with Crippen molar-refractivity contribution in [2.75, 3.05) is 0 Å². The Hall–Kier alpha value is -0.410. The number of rotatable bonds is 2. The van der Waals surface area contributed by atoms with Crippen molar-refractivity contribution in [2.24, 2.45) is 5.41 Å². The van der Waals surface area contributed by atoms with E-state index in [1.807, 2.05) is 6.07 Å². The van der Waals surface area contributed by atoms with Crippen molar-refractivity contribution < 1.29 is 9.50 Å². The summed E-state index contributed by atoms with van der Waals surface area (Å²) < 4.78 is 14.6. The topological polar surface area (TPSA) is 20.2 Å². The van der Waals surface area contributed by atoms with Gasteiger partial charge in [-0.1, -0.05) is 48.7 Å². The normalized spacial score (nSPS) is 27.2. The van der Waals surface area contributed by atoms with E-state index in [1.165, 1.54) is 6.07 Å². The summed E-state index contributed by atoms with van der Waals surface area (Å²) in [4.78, 5) is 0. The van der Waals surface area contributed by atoms with Crippen molar-refractivity contribution in [3.8, 4) is 0 Å². The predicted molar refractivity (Wildman–Crippen MR) is 75.0 cm³/mol. The molecule has 100 valence electrons. The molecule has 0 spiro atoms. The van der Waals surface area contributed by atoms with Gasteiger partial charge in [0, 0.05) is 10.9 Å². The molecule has 0 bridgehead atoms. The van der Waals surface area contributed by atoms with Crippen LogP contribution in [0.1, 0.15) is 45.1 Å². The quantitative estimate of drug-likeness (QED) is 0.854. The third-order valence-electron chi connectivity index (χ3n) is 4.40. The molecule has 0 heterocycles. The van der Waals surface area contributed by atoms with E-state index in [2.05, 4.69) is 29.8 Å². The lowest BCUT2D eigenvalue weighted by molar-refractivity contribution is -0.0962. The third-order valence-corrected chi connectivity index (χ3v) is 4.89. The average molecular weight is 315 g/mol. The summed E-state index contributed by atoms with van der Waals surface area (Å²) in [5, 5.41) is 10.9. The molecule has 1 saturated carbocycles. The summed E-state index contributed by atoms with van der Waals surface area (Å²) in [7, 11) is 0. The minimum absolute atomic E-state index is 0.148. The second-order valence-corrected chi connectivity index (χ2v) is 6.95. The highest BCUT2D eigenvalue weighted by molar-refractivity contribution is 9.10. The smallest absolute Gasteiger partial charge is 0.127 e. The van der Waals surface area contributed by atoms with Gasteiger partial charge in [0.1, 0.15) is 5.82 Å². The van der Waals surface area contributed by atoms with Gasteiger partial charge in [0.25, 0.3) is 0 Å². The molecule has 1 aliphatic rings. The highest BCUT2D eigenvalue weighted by Crippen LogP contribution is 2.45. The Morgan fingerprint density at radius 2 is 1.94 bits per heavy atom. The van der Waals surface area contributed by atoms with Gasteiger partial charge in [-0.2, -0.15) is 0 Å². The molecule has 1 aliphatic carbocycles. The second kappa shape index (κ2) is 4.93. The van der Waals surface area contributed by atoms with Gasteiger partial charge in [0.05, 0.1) is 5.60 Å². The molecule has 1 nitrogen and oxygen atoms in total. The fraction of sp³-hybridized carbons (Fsp3) is 0.600. The van der Waals surface area contributed by atoms with Crippen molar-refractivity contribution in [1.29, 1.82) is 0 Å². The van der Waals surface area contributed by atoms with Gasteiger partial charge in [-0.05, 0) is 36.0 Å². The van der Waals surface area contributed by atoms with E-state index in [-0.39, 0.29) is 11.2 Å². The maximum Gasteiger partial charge on any atom is 0.127 e. The molecule has 0 radical (unpaired) electrons. The van der Waals surface area contributed by atoms with Crippen LogP contribution in [-0.2, 0) is 6.42 Å². The van der Waals surface area contributed by atoms with E-state index in [0.717, 1.165) is 30.2 Å². The summed E-state index contributed by atoms with van der Waals surface area (Å²) in [6.45, 7) is 4.17. The SMILES string of the molecule is CC1(C)CCCCC1(O)Cc1ccc(Br)cc1F. The molecule has 2 rings (SSSR count). The molecule has 1 aromatic carbocycles. The van der Waals surface area contributed by atoms with Gasteiger partial charge in [0.2, 0.25) is 0 Å². The summed E-state index contributed by atoms with van der Waals surface area (Å²) in [5.74, 6) is -0.237. The molecule has 1 atom stereocenters. The lowest BCUT2D eigenvalue weighted by Crippen LogP contribution is -2.48. The van der Waals surface area contributed by atoms with Crippen molar-refractivity contribution in [3.63, 3.8) is 0 Å². The zero-order valence-electron chi connectivity index (χ0n) is 11.0. The molecule has 18 heavy (non-hydrogen) atoms. The lowest BCUT2D eigenvalue weighted by atomic mass is 9.63. The highest BCUT2D eigenvalue weighted by Gasteiger charge is 2.45. The van der Waals surface area contributed by atoms with E-state index >= 15 is 0 Å². The molecule has 1 fully saturated rings. The van der Waals surface area contributed by atoms with E-state index in [4.69, 9.17) is 0 Å². The van der Waals surface area contributed by atoms with Crippen molar-refractivity contribution in [3.05, 3.63) is 34.1 Å². The van der Waals surface area contributed by atoms with E-state index in [9.17, 15) is 9.50 Å². The Morgan fingerprint density at radius 1 is 1.28 bits per heavy atom. The first-order valence-electron chi connectivity index (χ1n) is 6.50. The number of halogens is 2. The molecule has 0 aliphatic heterocycles. The number of aliphatic hydroxyl groups is 1. The maximum atomic E-state index is 13.9. The van der Waals surface area contributed by atoms with E-state index in [1.54, 1.807) is 6.07 Å². The molecule has 0 amide bonds. The van der Waals surface area contributed by atoms with Gasteiger partial charge in [0.15, 0.2) is 0 Å². The summed E-state index contributed by atoms with van der Waals surface area (Å²) in [6.07, 6.45) is 4.34. The number of hydrogen-bond donors (Lipinski definition) is 1. The predicted octanol–water partition coefficient (Wildman–Crippen LogP) is 4.46. The van der Waals surface area contributed by atoms with Gasteiger partial charge < -0.3 is 5.11 Å². The van der Waals surface area contributed by atoms with Crippen LogP contribution in [0.25, 0.3) is 0 Å². The van der Waals surface area contributed by atoms with Crippen LogP contribution in [0, 0.1) is 11.2 Å². The Balaban J connectivity index is 2.26. The van der Waals surface area contributed by atoms with Crippen molar-refractivity contribution >= 4 is 15.9 Å². The van der Waals surface area contributed by atoms with Gasteiger partial charge in [-0.3, -0.25) is 0 Å². The molecular formula is C15H20BrFO. The summed E-state index contributed by atoms with van der Waals surface area (Å²) in [5.41, 5.74) is -0.333. The molecule has 1 aromatic rings. The van der Waals surface area contributed by atoms with Crippen molar-refractivity contribution in [1.82, 2.24) is 0 Å². The second-order valence-electron chi connectivity index (χ2n) is 6.04. The summed E-state index contributed by atoms with van der Waals surface area (Å²) >= 11 is 3.25. The molecular weight excluding hydrogens is 295 g/mol.